The van der Waals surface area contributed by atoms with Gasteiger partial charge in [-0.3, -0.25) is 4.79 Å². The normalized spacial score (nSPS) is 20.0. The first-order valence-electron chi connectivity index (χ1n) is 6.65. The first-order chi connectivity index (χ1) is 9.93. The number of nitrogens with one attached hydrogen (secondary N) is 1. The largest absolute Gasteiger partial charge is 0.497 e. The van der Waals surface area contributed by atoms with Crippen LogP contribution in [0.25, 0.3) is 0 Å². The summed E-state index contributed by atoms with van der Waals surface area (Å²) in [6.45, 7) is 0.359. The van der Waals surface area contributed by atoms with Crippen molar-refractivity contribution in [2.24, 2.45) is 5.92 Å². The maximum Gasteiger partial charge on any atom is 0.251 e. The molecule has 7 heteroatoms. The lowest BCUT2D eigenvalue weighted by molar-refractivity contribution is 0.0947. The summed E-state index contributed by atoms with van der Waals surface area (Å²) >= 11 is 0. The monoisotopic (exact) mass is 313 g/mol. The highest BCUT2D eigenvalue weighted by Crippen LogP contribution is 2.23. The van der Waals surface area contributed by atoms with E-state index in [0.717, 1.165) is 0 Å². The van der Waals surface area contributed by atoms with E-state index in [1.165, 1.54) is 14.2 Å². The molecule has 1 heterocycles. The molecule has 0 spiro atoms. The Morgan fingerprint density at radius 1 is 1.24 bits per heavy atom. The van der Waals surface area contributed by atoms with Gasteiger partial charge in [0.05, 0.1) is 25.7 Å². The minimum Gasteiger partial charge on any atom is -0.497 e. The molecule has 1 atom stereocenters. The van der Waals surface area contributed by atoms with E-state index < -0.39 is 9.84 Å². The molecular formula is C14H19NO5S. The lowest BCUT2D eigenvalue weighted by atomic mass is 10.1. The van der Waals surface area contributed by atoms with Crippen molar-refractivity contribution >= 4 is 15.7 Å². The molecule has 1 fully saturated rings. The fourth-order valence-corrected chi connectivity index (χ4v) is 4.17. The number of benzene rings is 1. The number of sulfone groups is 1. The molecule has 1 N–H and O–H groups in total. The zero-order valence-electron chi connectivity index (χ0n) is 12.1. The van der Waals surface area contributed by atoms with Gasteiger partial charge in [0.1, 0.15) is 11.5 Å². The molecule has 1 amide bonds. The van der Waals surface area contributed by atoms with Crippen LogP contribution in [0.15, 0.2) is 18.2 Å². The van der Waals surface area contributed by atoms with Crippen molar-refractivity contribution in [3.05, 3.63) is 23.8 Å². The zero-order valence-corrected chi connectivity index (χ0v) is 12.9. The highest BCUT2D eigenvalue weighted by atomic mass is 32.2. The van der Waals surface area contributed by atoms with Crippen LogP contribution >= 0.6 is 0 Å². The number of ether oxygens (including phenoxy) is 2. The molecule has 1 saturated heterocycles. The third kappa shape index (κ3) is 4.10. The molecular weight excluding hydrogens is 294 g/mol. The molecule has 0 aliphatic carbocycles. The number of hydrogen-bond donors (Lipinski definition) is 1. The van der Waals surface area contributed by atoms with Crippen LogP contribution in [-0.2, 0) is 9.84 Å². The molecule has 2 rings (SSSR count). The Kier molecular flexibility index (Phi) is 4.72. The predicted octanol–water partition coefficient (Wildman–Crippen LogP) is 0.868. The van der Waals surface area contributed by atoms with E-state index in [0.29, 0.717) is 30.0 Å². The third-order valence-corrected chi connectivity index (χ3v) is 5.33. The van der Waals surface area contributed by atoms with E-state index in [4.69, 9.17) is 9.47 Å². The van der Waals surface area contributed by atoms with Gasteiger partial charge in [-0.25, -0.2) is 8.42 Å². The Balaban J connectivity index is 2.00. The smallest absolute Gasteiger partial charge is 0.251 e. The molecule has 0 bridgehead atoms. The summed E-state index contributed by atoms with van der Waals surface area (Å²) in [6.07, 6.45) is 0.601. The Labute approximate surface area is 124 Å². The highest BCUT2D eigenvalue weighted by Gasteiger charge is 2.28. The van der Waals surface area contributed by atoms with Gasteiger partial charge in [0, 0.05) is 18.2 Å². The summed E-state index contributed by atoms with van der Waals surface area (Å²) in [4.78, 5) is 12.1. The Hall–Kier alpha value is -1.76. The molecule has 1 aromatic carbocycles. The van der Waals surface area contributed by atoms with Crippen molar-refractivity contribution in [1.82, 2.24) is 5.32 Å². The van der Waals surface area contributed by atoms with Gasteiger partial charge in [-0.15, -0.1) is 0 Å². The van der Waals surface area contributed by atoms with Crippen molar-refractivity contribution in [1.29, 1.82) is 0 Å². The predicted molar refractivity (Wildman–Crippen MR) is 78.6 cm³/mol. The van der Waals surface area contributed by atoms with Gasteiger partial charge in [0.25, 0.3) is 5.91 Å². The zero-order chi connectivity index (χ0) is 15.5. The fraction of sp³-hybridized carbons (Fsp3) is 0.500. The molecule has 0 radical (unpaired) electrons. The molecule has 1 aliphatic rings. The van der Waals surface area contributed by atoms with Crippen molar-refractivity contribution < 1.29 is 22.7 Å². The van der Waals surface area contributed by atoms with Crippen molar-refractivity contribution in [3.63, 3.8) is 0 Å². The third-order valence-electron chi connectivity index (χ3n) is 3.49. The summed E-state index contributed by atoms with van der Waals surface area (Å²) in [7, 11) is 0.107. The van der Waals surface area contributed by atoms with Crippen molar-refractivity contribution in [2.75, 3.05) is 32.3 Å². The highest BCUT2D eigenvalue weighted by molar-refractivity contribution is 7.91. The second-order valence-corrected chi connectivity index (χ2v) is 7.31. The fourth-order valence-electron chi connectivity index (χ4n) is 2.31. The van der Waals surface area contributed by atoms with E-state index in [9.17, 15) is 13.2 Å². The van der Waals surface area contributed by atoms with Gasteiger partial charge >= 0.3 is 0 Å². The first-order valence-corrected chi connectivity index (χ1v) is 8.47. The molecule has 21 heavy (non-hydrogen) atoms. The van der Waals surface area contributed by atoms with Gasteiger partial charge in [-0.2, -0.15) is 0 Å². The summed E-state index contributed by atoms with van der Waals surface area (Å²) in [5.74, 6) is 1.14. The Bertz CT molecular complexity index is 604. The van der Waals surface area contributed by atoms with Crippen LogP contribution < -0.4 is 14.8 Å². The lowest BCUT2D eigenvalue weighted by Crippen LogP contribution is -2.29. The Morgan fingerprint density at radius 3 is 2.33 bits per heavy atom. The van der Waals surface area contributed by atoms with Gasteiger partial charge in [0.15, 0.2) is 9.84 Å². The van der Waals surface area contributed by atoms with Crippen LogP contribution in [0.1, 0.15) is 16.8 Å². The molecule has 0 aromatic heterocycles. The van der Waals surface area contributed by atoms with E-state index in [2.05, 4.69) is 5.32 Å². The maximum atomic E-state index is 12.1. The Morgan fingerprint density at radius 2 is 1.86 bits per heavy atom. The molecule has 0 unspecified atom stereocenters. The SMILES string of the molecule is COc1cc(OC)cc(C(=O)NC[C@H]2CCS(=O)(=O)C2)c1. The van der Waals surface area contributed by atoms with E-state index >= 15 is 0 Å². The summed E-state index contributed by atoms with van der Waals surface area (Å²) in [5, 5.41) is 2.77. The first kappa shape index (κ1) is 15.6. The number of carbonyl (C=O) groups excluding carboxylic acids is 1. The average molecular weight is 313 g/mol. The molecule has 1 aliphatic heterocycles. The number of hydrogen-bond acceptors (Lipinski definition) is 5. The second-order valence-electron chi connectivity index (χ2n) is 5.08. The summed E-state index contributed by atoms with van der Waals surface area (Å²) in [5.41, 5.74) is 0.423. The summed E-state index contributed by atoms with van der Waals surface area (Å²) < 4.78 is 33.0. The van der Waals surface area contributed by atoms with E-state index in [1.54, 1.807) is 18.2 Å². The standard InChI is InChI=1S/C14H19NO5S/c1-19-12-5-11(6-13(7-12)20-2)14(16)15-8-10-3-4-21(17,18)9-10/h5-7,10H,3-4,8-9H2,1-2H3,(H,15,16)/t10-/m1/s1. The number of amides is 1. The molecule has 116 valence electrons. The second kappa shape index (κ2) is 6.34. The van der Waals surface area contributed by atoms with Crippen LogP contribution in [0.2, 0.25) is 0 Å². The van der Waals surface area contributed by atoms with Crippen LogP contribution in [0.5, 0.6) is 11.5 Å². The minimum atomic E-state index is -2.92. The minimum absolute atomic E-state index is 0.00791. The molecule has 6 nitrogen and oxygen atoms in total. The van der Waals surface area contributed by atoms with Crippen LogP contribution in [0, 0.1) is 5.92 Å². The van der Waals surface area contributed by atoms with Gasteiger partial charge in [-0.1, -0.05) is 0 Å². The number of methoxy groups -OCH3 is 2. The van der Waals surface area contributed by atoms with Gasteiger partial charge in [-0.05, 0) is 24.5 Å². The van der Waals surface area contributed by atoms with Crippen molar-refractivity contribution in [2.45, 2.75) is 6.42 Å². The topological polar surface area (TPSA) is 81.7 Å². The quantitative estimate of drug-likeness (QED) is 0.872. The molecule has 0 saturated carbocycles. The van der Waals surface area contributed by atoms with Crippen LogP contribution in [0.4, 0.5) is 0 Å². The van der Waals surface area contributed by atoms with E-state index in [-0.39, 0.29) is 23.3 Å². The average Bonchev–Trinajstić information content (AvgIpc) is 2.83. The van der Waals surface area contributed by atoms with Crippen molar-refractivity contribution in [3.8, 4) is 11.5 Å². The molecule has 1 aromatic rings. The number of carbonyl (C=O) groups is 1. The lowest BCUT2D eigenvalue weighted by Gasteiger charge is -2.11. The van der Waals surface area contributed by atoms with Crippen LogP contribution in [0.3, 0.4) is 0 Å². The number of rotatable bonds is 5. The van der Waals surface area contributed by atoms with Gasteiger partial charge in [0.2, 0.25) is 0 Å². The van der Waals surface area contributed by atoms with E-state index in [1.807, 2.05) is 0 Å². The van der Waals surface area contributed by atoms with Gasteiger partial charge < -0.3 is 14.8 Å². The van der Waals surface area contributed by atoms with Crippen LogP contribution in [-0.4, -0.2) is 46.6 Å². The summed E-state index contributed by atoms with van der Waals surface area (Å²) in [6, 6.07) is 4.91. The maximum absolute atomic E-state index is 12.1.